The molecular formula is C23H20F2N2O. The summed E-state index contributed by atoms with van der Waals surface area (Å²) in [4.78, 5) is 19.4. The third-order valence-corrected chi connectivity index (χ3v) is 5.22. The lowest BCUT2D eigenvalue weighted by Crippen LogP contribution is -2.39. The Morgan fingerprint density at radius 2 is 1.75 bits per heavy atom. The van der Waals surface area contributed by atoms with Gasteiger partial charge in [0.2, 0.25) is 5.91 Å². The number of hydrogen-bond donors (Lipinski definition) is 0. The van der Waals surface area contributed by atoms with Gasteiger partial charge in [-0.2, -0.15) is 0 Å². The summed E-state index contributed by atoms with van der Waals surface area (Å²) in [5, 5.41) is 0. The molecule has 3 aromatic rings. The van der Waals surface area contributed by atoms with Crippen molar-refractivity contribution in [1.29, 1.82) is 0 Å². The van der Waals surface area contributed by atoms with Crippen molar-refractivity contribution >= 4 is 5.91 Å². The molecule has 0 spiro atoms. The molecule has 0 bridgehead atoms. The minimum Gasteiger partial charge on any atom is -0.332 e. The molecule has 3 nitrogen and oxygen atoms in total. The van der Waals surface area contributed by atoms with Gasteiger partial charge >= 0.3 is 0 Å². The zero-order chi connectivity index (χ0) is 19.6. The molecule has 28 heavy (non-hydrogen) atoms. The molecule has 0 aliphatic heterocycles. The summed E-state index contributed by atoms with van der Waals surface area (Å²) in [5.41, 5.74) is 1.11. The zero-order valence-electron chi connectivity index (χ0n) is 15.3. The maximum Gasteiger partial charge on any atom is 0.233 e. The summed E-state index contributed by atoms with van der Waals surface area (Å²) >= 11 is 0. The second-order valence-electron chi connectivity index (χ2n) is 7.17. The van der Waals surface area contributed by atoms with Gasteiger partial charge < -0.3 is 4.90 Å². The highest BCUT2D eigenvalue weighted by atomic mass is 19.1. The van der Waals surface area contributed by atoms with Crippen molar-refractivity contribution in [3.05, 3.63) is 101 Å². The molecule has 0 unspecified atom stereocenters. The summed E-state index contributed by atoms with van der Waals surface area (Å²) in [5.74, 6) is -0.828. The van der Waals surface area contributed by atoms with Crippen molar-refractivity contribution in [1.82, 2.24) is 9.88 Å². The van der Waals surface area contributed by atoms with Crippen molar-refractivity contribution in [2.75, 3.05) is 0 Å². The Kier molecular flexibility index (Phi) is 4.90. The van der Waals surface area contributed by atoms with Gasteiger partial charge in [0, 0.05) is 18.3 Å². The van der Waals surface area contributed by atoms with Crippen molar-refractivity contribution in [2.45, 2.75) is 31.3 Å². The monoisotopic (exact) mass is 378 g/mol. The SMILES string of the molecule is O=C(N(Cc1ccccn1)Cc1ccccc1F)C1(c2cccc(F)c2)CC1. The van der Waals surface area contributed by atoms with Crippen LogP contribution in [0.4, 0.5) is 8.78 Å². The van der Waals surface area contributed by atoms with Crippen LogP contribution in [0.1, 0.15) is 29.7 Å². The molecule has 0 atom stereocenters. The summed E-state index contributed by atoms with van der Waals surface area (Å²) < 4.78 is 28.0. The second kappa shape index (κ2) is 7.50. The minimum atomic E-state index is -0.734. The van der Waals surface area contributed by atoms with Gasteiger partial charge in [0.05, 0.1) is 17.7 Å². The van der Waals surface area contributed by atoms with E-state index in [1.807, 2.05) is 18.2 Å². The van der Waals surface area contributed by atoms with E-state index in [4.69, 9.17) is 0 Å². The third-order valence-electron chi connectivity index (χ3n) is 5.22. The fraction of sp³-hybridized carbons (Fsp3) is 0.217. The van der Waals surface area contributed by atoms with E-state index in [2.05, 4.69) is 4.98 Å². The van der Waals surface area contributed by atoms with Crippen LogP contribution in [-0.4, -0.2) is 15.8 Å². The lowest BCUT2D eigenvalue weighted by Gasteiger charge is -2.28. The van der Waals surface area contributed by atoms with Crippen LogP contribution in [0.5, 0.6) is 0 Å². The molecule has 1 aliphatic carbocycles. The van der Waals surface area contributed by atoms with Crippen LogP contribution in [0.3, 0.4) is 0 Å². The highest BCUT2D eigenvalue weighted by Gasteiger charge is 2.53. The molecular weight excluding hydrogens is 358 g/mol. The molecule has 0 radical (unpaired) electrons. The maximum atomic E-state index is 14.2. The molecule has 1 amide bonds. The first kappa shape index (κ1) is 18.3. The van der Waals surface area contributed by atoms with Gasteiger partial charge in [0.25, 0.3) is 0 Å². The lowest BCUT2D eigenvalue weighted by atomic mass is 9.93. The van der Waals surface area contributed by atoms with Crippen molar-refractivity contribution in [3.8, 4) is 0 Å². The van der Waals surface area contributed by atoms with Gasteiger partial charge in [-0.1, -0.05) is 36.4 Å². The van der Waals surface area contributed by atoms with Crippen LogP contribution in [0.2, 0.25) is 0 Å². The number of rotatable bonds is 6. The number of halogens is 2. The standard InChI is InChI=1S/C23H20F2N2O/c24-19-8-5-7-18(14-19)23(11-12-23)22(28)27(16-20-9-3-4-13-26-20)15-17-6-1-2-10-21(17)25/h1-10,13-14H,11-12,15-16H2. The summed E-state index contributed by atoms with van der Waals surface area (Å²) in [7, 11) is 0. The van der Waals surface area contributed by atoms with Gasteiger partial charge in [-0.3, -0.25) is 9.78 Å². The number of carbonyl (C=O) groups excluding carboxylic acids is 1. The van der Waals surface area contributed by atoms with Crippen molar-refractivity contribution in [2.24, 2.45) is 0 Å². The molecule has 0 saturated heterocycles. The Hall–Kier alpha value is -3.08. The van der Waals surface area contributed by atoms with Gasteiger partial charge in [0.1, 0.15) is 11.6 Å². The molecule has 1 fully saturated rings. The lowest BCUT2D eigenvalue weighted by molar-refractivity contribution is -0.135. The fourth-order valence-corrected chi connectivity index (χ4v) is 3.56. The molecule has 1 aliphatic rings. The van der Waals surface area contributed by atoms with Crippen LogP contribution in [0.25, 0.3) is 0 Å². The molecule has 1 aromatic heterocycles. The van der Waals surface area contributed by atoms with E-state index in [9.17, 15) is 13.6 Å². The van der Waals surface area contributed by atoms with E-state index in [0.29, 0.717) is 24.0 Å². The Bertz CT molecular complexity index is 987. The maximum absolute atomic E-state index is 14.2. The van der Waals surface area contributed by atoms with Crippen molar-refractivity contribution in [3.63, 3.8) is 0 Å². The summed E-state index contributed by atoms with van der Waals surface area (Å²) in [6, 6.07) is 18.1. The van der Waals surface area contributed by atoms with E-state index < -0.39 is 5.41 Å². The van der Waals surface area contributed by atoms with E-state index in [1.165, 1.54) is 18.2 Å². The third kappa shape index (κ3) is 3.65. The smallest absolute Gasteiger partial charge is 0.233 e. The average molecular weight is 378 g/mol. The predicted octanol–water partition coefficient (Wildman–Crippen LogP) is 4.62. The first-order valence-electron chi connectivity index (χ1n) is 9.27. The van der Waals surface area contributed by atoms with Crippen LogP contribution in [0.15, 0.2) is 72.9 Å². The largest absolute Gasteiger partial charge is 0.332 e. The van der Waals surface area contributed by atoms with Crippen LogP contribution in [-0.2, 0) is 23.3 Å². The average Bonchev–Trinajstić information content (AvgIpc) is 3.51. The number of hydrogen-bond acceptors (Lipinski definition) is 2. The molecule has 2 aromatic carbocycles. The molecule has 5 heteroatoms. The number of aromatic nitrogens is 1. The molecule has 4 rings (SSSR count). The Morgan fingerprint density at radius 3 is 2.43 bits per heavy atom. The van der Waals surface area contributed by atoms with E-state index >= 15 is 0 Å². The van der Waals surface area contributed by atoms with Gasteiger partial charge in [-0.25, -0.2) is 8.78 Å². The number of amides is 1. The highest BCUT2D eigenvalue weighted by Crippen LogP contribution is 2.50. The number of benzene rings is 2. The minimum absolute atomic E-state index is 0.119. The zero-order valence-corrected chi connectivity index (χ0v) is 15.3. The molecule has 0 N–H and O–H groups in total. The number of nitrogens with zero attached hydrogens (tertiary/aromatic N) is 2. The quantitative estimate of drug-likeness (QED) is 0.627. The van der Waals surface area contributed by atoms with E-state index in [-0.39, 0.29) is 30.6 Å². The normalized spacial score (nSPS) is 14.5. The van der Waals surface area contributed by atoms with Gasteiger partial charge in [-0.05, 0) is 48.7 Å². The van der Waals surface area contributed by atoms with E-state index in [1.54, 1.807) is 41.4 Å². The number of pyridine rings is 1. The Morgan fingerprint density at radius 1 is 0.964 bits per heavy atom. The second-order valence-corrected chi connectivity index (χ2v) is 7.17. The first-order valence-corrected chi connectivity index (χ1v) is 9.27. The van der Waals surface area contributed by atoms with Crippen LogP contribution < -0.4 is 0 Å². The highest BCUT2D eigenvalue weighted by molar-refractivity contribution is 5.91. The van der Waals surface area contributed by atoms with E-state index in [0.717, 1.165) is 5.69 Å². The summed E-state index contributed by atoms with van der Waals surface area (Å²) in [6.07, 6.45) is 2.98. The topological polar surface area (TPSA) is 33.2 Å². The predicted molar refractivity (Wildman–Crippen MR) is 102 cm³/mol. The first-order chi connectivity index (χ1) is 13.6. The molecule has 1 saturated carbocycles. The number of carbonyl (C=O) groups is 1. The van der Waals surface area contributed by atoms with Crippen LogP contribution >= 0.6 is 0 Å². The summed E-state index contributed by atoms with van der Waals surface area (Å²) in [6.45, 7) is 0.407. The van der Waals surface area contributed by atoms with Crippen molar-refractivity contribution < 1.29 is 13.6 Å². The Balaban J connectivity index is 1.66. The molecule has 142 valence electrons. The molecule has 1 heterocycles. The Labute approximate surface area is 162 Å². The van der Waals surface area contributed by atoms with Crippen LogP contribution in [0, 0.1) is 11.6 Å². The van der Waals surface area contributed by atoms with Gasteiger partial charge in [-0.15, -0.1) is 0 Å². The van der Waals surface area contributed by atoms with Gasteiger partial charge in [0.15, 0.2) is 0 Å². The fourth-order valence-electron chi connectivity index (χ4n) is 3.56.